The number of aliphatic hydroxyl groups excluding tert-OH is 1. The summed E-state index contributed by atoms with van der Waals surface area (Å²) in [6.07, 6.45) is 2.18. The number of nitrogens with two attached hydrogens (primary N) is 1. The smallest absolute Gasteiger partial charge is 0.0556 e. The van der Waals surface area contributed by atoms with Crippen molar-refractivity contribution in [3.63, 3.8) is 0 Å². The monoisotopic (exact) mass is 160 g/mol. The van der Waals surface area contributed by atoms with Crippen molar-refractivity contribution in [2.24, 2.45) is 5.73 Å². The van der Waals surface area contributed by atoms with Gasteiger partial charge < -0.3 is 16.2 Å². The third kappa shape index (κ3) is 4.35. The summed E-state index contributed by atoms with van der Waals surface area (Å²) >= 11 is 0. The van der Waals surface area contributed by atoms with Crippen LogP contribution in [0.4, 0.5) is 0 Å². The number of hydrogen-bond donors (Lipinski definition) is 3. The van der Waals surface area contributed by atoms with Gasteiger partial charge in [0.2, 0.25) is 0 Å². The van der Waals surface area contributed by atoms with Crippen LogP contribution in [0.1, 0.15) is 26.7 Å². The Morgan fingerprint density at radius 2 is 2.18 bits per heavy atom. The molecule has 0 aliphatic carbocycles. The zero-order valence-electron chi connectivity index (χ0n) is 7.56. The second-order valence-corrected chi connectivity index (χ2v) is 3.17. The molecule has 0 saturated heterocycles. The van der Waals surface area contributed by atoms with Crippen molar-refractivity contribution in [2.45, 2.75) is 32.2 Å². The average molecular weight is 160 g/mol. The molecule has 3 nitrogen and oxygen atoms in total. The van der Waals surface area contributed by atoms with Gasteiger partial charge in [-0.2, -0.15) is 0 Å². The van der Waals surface area contributed by atoms with Gasteiger partial charge in [-0.15, -0.1) is 0 Å². The molecular formula is C8H20N2O. The predicted octanol–water partition coefficient (Wildman–Crippen LogP) is 0.0858. The van der Waals surface area contributed by atoms with E-state index in [0.717, 1.165) is 12.8 Å². The van der Waals surface area contributed by atoms with Gasteiger partial charge in [-0.25, -0.2) is 0 Å². The van der Waals surface area contributed by atoms with Gasteiger partial charge in [0, 0.05) is 18.6 Å². The molecule has 0 aromatic carbocycles. The second-order valence-electron chi connectivity index (χ2n) is 3.17. The fraction of sp³-hybridized carbons (Fsp3) is 1.00. The number of aliphatic hydroxyl groups is 1. The third-order valence-corrected chi connectivity index (χ3v) is 1.92. The highest BCUT2D eigenvalue weighted by Crippen LogP contribution is 2.09. The molecule has 0 bridgehead atoms. The van der Waals surface area contributed by atoms with E-state index in [1.807, 2.05) is 0 Å². The molecule has 0 saturated carbocycles. The molecule has 0 aromatic heterocycles. The Balaban J connectivity index is 3.68. The van der Waals surface area contributed by atoms with Crippen LogP contribution in [-0.2, 0) is 0 Å². The van der Waals surface area contributed by atoms with Crippen LogP contribution in [0.15, 0.2) is 0 Å². The first-order valence-corrected chi connectivity index (χ1v) is 4.24. The Morgan fingerprint density at radius 3 is 2.55 bits per heavy atom. The summed E-state index contributed by atoms with van der Waals surface area (Å²) in [7, 11) is 0. The quantitative estimate of drug-likeness (QED) is 0.516. The van der Waals surface area contributed by atoms with Gasteiger partial charge in [0.05, 0.1) is 6.61 Å². The van der Waals surface area contributed by atoms with Crippen molar-refractivity contribution in [3.8, 4) is 0 Å². The minimum atomic E-state index is 0.0114. The van der Waals surface area contributed by atoms with Crippen LogP contribution in [0.3, 0.4) is 0 Å². The Labute approximate surface area is 69.0 Å². The Kier molecular flexibility index (Phi) is 5.46. The molecule has 0 radical (unpaired) electrons. The molecule has 0 rings (SSSR count). The lowest BCUT2D eigenvalue weighted by atomic mass is 9.96. The topological polar surface area (TPSA) is 58.3 Å². The van der Waals surface area contributed by atoms with E-state index in [1.165, 1.54) is 0 Å². The summed E-state index contributed by atoms with van der Waals surface area (Å²) < 4.78 is 0. The van der Waals surface area contributed by atoms with E-state index >= 15 is 0 Å². The largest absolute Gasteiger partial charge is 0.395 e. The fourth-order valence-electron chi connectivity index (χ4n) is 1.17. The molecule has 0 amide bonds. The second kappa shape index (κ2) is 5.52. The summed E-state index contributed by atoms with van der Waals surface area (Å²) in [6, 6.07) is 0. The van der Waals surface area contributed by atoms with E-state index in [4.69, 9.17) is 10.8 Å². The van der Waals surface area contributed by atoms with Crippen LogP contribution < -0.4 is 11.1 Å². The molecule has 3 heteroatoms. The van der Waals surface area contributed by atoms with Gasteiger partial charge in [-0.1, -0.05) is 13.3 Å². The van der Waals surface area contributed by atoms with Crippen molar-refractivity contribution in [3.05, 3.63) is 0 Å². The van der Waals surface area contributed by atoms with Gasteiger partial charge in [0.15, 0.2) is 0 Å². The number of rotatable bonds is 6. The Hall–Kier alpha value is -0.120. The standard InChI is InChI=1S/C8H20N2O/c1-3-4-8(2,7-9)10-5-6-11/h10-11H,3-7,9H2,1-2H3. The van der Waals surface area contributed by atoms with Gasteiger partial charge in [0.25, 0.3) is 0 Å². The Bertz CT molecular complexity index is 98.1. The summed E-state index contributed by atoms with van der Waals surface area (Å²) in [4.78, 5) is 0. The molecule has 1 atom stereocenters. The highest BCUT2D eigenvalue weighted by Gasteiger charge is 2.19. The first-order chi connectivity index (χ1) is 5.18. The van der Waals surface area contributed by atoms with Crippen molar-refractivity contribution in [1.82, 2.24) is 5.32 Å². The summed E-state index contributed by atoms with van der Waals surface area (Å²) in [6.45, 7) is 5.66. The van der Waals surface area contributed by atoms with Gasteiger partial charge in [-0.3, -0.25) is 0 Å². The lowest BCUT2D eigenvalue weighted by Gasteiger charge is -2.28. The Morgan fingerprint density at radius 1 is 1.55 bits per heavy atom. The molecule has 0 spiro atoms. The molecule has 68 valence electrons. The van der Waals surface area contributed by atoms with E-state index in [2.05, 4.69) is 19.2 Å². The lowest BCUT2D eigenvalue weighted by Crippen LogP contribution is -2.49. The molecule has 0 aliphatic rings. The molecule has 0 heterocycles. The maximum atomic E-state index is 8.59. The lowest BCUT2D eigenvalue weighted by molar-refractivity contribution is 0.254. The van der Waals surface area contributed by atoms with Crippen LogP contribution in [0.5, 0.6) is 0 Å². The maximum Gasteiger partial charge on any atom is 0.0556 e. The third-order valence-electron chi connectivity index (χ3n) is 1.92. The molecule has 11 heavy (non-hydrogen) atoms. The van der Waals surface area contributed by atoms with E-state index in [9.17, 15) is 0 Å². The molecule has 1 unspecified atom stereocenters. The van der Waals surface area contributed by atoms with Crippen LogP contribution in [0, 0.1) is 0 Å². The van der Waals surface area contributed by atoms with E-state index in [1.54, 1.807) is 0 Å². The van der Waals surface area contributed by atoms with Gasteiger partial charge >= 0.3 is 0 Å². The molecule has 0 fully saturated rings. The van der Waals surface area contributed by atoms with Crippen molar-refractivity contribution >= 4 is 0 Å². The normalized spacial score (nSPS) is 16.4. The minimum Gasteiger partial charge on any atom is -0.395 e. The van der Waals surface area contributed by atoms with Crippen LogP contribution in [0.25, 0.3) is 0 Å². The first kappa shape index (κ1) is 10.9. The zero-order chi connectivity index (χ0) is 8.74. The minimum absolute atomic E-state index is 0.0114. The van der Waals surface area contributed by atoms with Crippen molar-refractivity contribution < 1.29 is 5.11 Å². The summed E-state index contributed by atoms with van der Waals surface area (Å²) in [5, 5.41) is 11.8. The van der Waals surface area contributed by atoms with Crippen molar-refractivity contribution in [1.29, 1.82) is 0 Å². The zero-order valence-corrected chi connectivity index (χ0v) is 7.56. The maximum absolute atomic E-state index is 8.59. The summed E-state index contributed by atoms with van der Waals surface area (Å²) in [5.74, 6) is 0. The van der Waals surface area contributed by atoms with Crippen LogP contribution in [-0.4, -0.2) is 30.3 Å². The average Bonchev–Trinajstić information content (AvgIpc) is 2.02. The molecule has 4 N–H and O–H groups in total. The van der Waals surface area contributed by atoms with Crippen LogP contribution in [0.2, 0.25) is 0 Å². The van der Waals surface area contributed by atoms with E-state index < -0.39 is 0 Å². The van der Waals surface area contributed by atoms with Crippen LogP contribution >= 0.6 is 0 Å². The summed E-state index contributed by atoms with van der Waals surface area (Å²) in [5.41, 5.74) is 5.60. The first-order valence-electron chi connectivity index (χ1n) is 4.24. The van der Waals surface area contributed by atoms with Crippen molar-refractivity contribution in [2.75, 3.05) is 19.7 Å². The fourth-order valence-corrected chi connectivity index (χ4v) is 1.17. The molecular weight excluding hydrogens is 140 g/mol. The van der Waals surface area contributed by atoms with Gasteiger partial charge in [0.1, 0.15) is 0 Å². The highest BCUT2D eigenvalue weighted by atomic mass is 16.3. The van der Waals surface area contributed by atoms with E-state index in [0.29, 0.717) is 13.1 Å². The molecule has 0 aliphatic heterocycles. The predicted molar refractivity (Wildman–Crippen MR) is 47.5 cm³/mol. The SMILES string of the molecule is CCCC(C)(CN)NCCO. The number of nitrogens with one attached hydrogen (secondary N) is 1. The highest BCUT2D eigenvalue weighted by molar-refractivity contribution is 4.83. The van der Waals surface area contributed by atoms with Gasteiger partial charge in [-0.05, 0) is 13.3 Å². The molecule has 0 aromatic rings. The number of hydrogen-bond acceptors (Lipinski definition) is 3. The number of β-amino-alcohol motifs (C(OH)–C–C–N with tert-alkyl or cyclic N) is 1. The van der Waals surface area contributed by atoms with E-state index in [-0.39, 0.29) is 12.1 Å².